The van der Waals surface area contributed by atoms with Crippen molar-refractivity contribution < 1.29 is 19.5 Å². The Kier molecular flexibility index (Phi) is 9.89. The van der Waals surface area contributed by atoms with E-state index in [0.29, 0.717) is 23.4 Å². The summed E-state index contributed by atoms with van der Waals surface area (Å²) in [7, 11) is 0. The van der Waals surface area contributed by atoms with E-state index in [-0.39, 0.29) is 18.2 Å². The molecule has 0 heterocycles. The fraction of sp³-hybridized carbons (Fsp3) is 0.0667. The second-order valence-corrected chi connectivity index (χ2v) is 8.21. The normalized spacial score (nSPS) is 10.7. The van der Waals surface area contributed by atoms with Crippen molar-refractivity contribution in [1.29, 1.82) is 5.41 Å². The molecular weight excluding hydrogens is 480 g/mol. The van der Waals surface area contributed by atoms with Gasteiger partial charge in [-0.05, 0) is 46.5 Å². The fourth-order valence-electron chi connectivity index (χ4n) is 3.75. The minimum atomic E-state index is -1.02. The molecule has 0 saturated heterocycles. The highest BCUT2D eigenvalue weighted by Crippen LogP contribution is 2.21. The first kappa shape index (κ1) is 27.3. The predicted octanol–water partition coefficient (Wildman–Crippen LogP) is 4.38. The second kappa shape index (κ2) is 13.7. The molecule has 0 aliphatic carbocycles. The minimum absolute atomic E-state index is 0.0544. The molecule has 0 radical (unpaired) electrons. The van der Waals surface area contributed by atoms with E-state index in [1.54, 1.807) is 48.5 Å². The van der Waals surface area contributed by atoms with Crippen molar-refractivity contribution in [3.8, 4) is 11.1 Å². The Morgan fingerprint density at radius 2 is 1.32 bits per heavy atom. The van der Waals surface area contributed by atoms with E-state index in [9.17, 15) is 9.59 Å². The molecule has 38 heavy (non-hydrogen) atoms. The topological polar surface area (TPSA) is 145 Å². The van der Waals surface area contributed by atoms with E-state index in [1.807, 2.05) is 60.7 Å². The zero-order valence-electron chi connectivity index (χ0n) is 20.5. The maximum Gasteiger partial charge on any atom is 0.290 e. The Morgan fingerprint density at radius 1 is 0.789 bits per heavy atom. The van der Waals surface area contributed by atoms with E-state index >= 15 is 0 Å². The van der Waals surface area contributed by atoms with Crippen LogP contribution in [0.15, 0.2) is 109 Å². The number of carbonyl (C=O) groups excluding carboxylic acids is 2. The maximum absolute atomic E-state index is 13.2. The van der Waals surface area contributed by atoms with E-state index in [4.69, 9.17) is 21.0 Å². The van der Waals surface area contributed by atoms with Gasteiger partial charge in [0, 0.05) is 17.8 Å². The average Bonchev–Trinajstić information content (AvgIpc) is 2.94. The van der Waals surface area contributed by atoms with Gasteiger partial charge in [0.2, 0.25) is 11.8 Å². The smallest absolute Gasteiger partial charge is 0.290 e. The van der Waals surface area contributed by atoms with Crippen LogP contribution in [0.1, 0.15) is 22.6 Å². The summed E-state index contributed by atoms with van der Waals surface area (Å²) >= 11 is 0. The SMILES string of the molecule is N=C(N)c1ccc(NC(=O)C(C(=O)NCc2ccc(-c3ccccc3)cc2)c2ccccc2)cc1.O=CO. The summed E-state index contributed by atoms with van der Waals surface area (Å²) in [5.41, 5.74) is 10.3. The first-order chi connectivity index (χ1) is 18.4. The summed E-state index contributed by atoms with van der Waals surface area (Å²) in [5, 5.41) is 20.1. The van der Waals surface area contributed by atoms with Crippen molar-refractivity contribution in [3.05, 3.63) is 126 Å². The molecule has 1 unspecified atom stereocenters. The van der Waals surface area contributed by atoms with E-state index < -0.39 is 11.8 Å². The van der Waals surface area contributed by atoms with Gasteiger partial charge in [-0.1, -0.05) is 84.9 Å². The van der Waals surface area contributed by atoms with Gasteiger partial charge in [0.1, 0.15) is 11.8 Å². The standard InChI is InChI=1S/C29H26N4O2.CH2O2/c30-27(31)24-15-17-25(18-16-24)33-29(35)26(23-9-5-2-6-10-23)28(34)32-19-20-11-13-22(14-12-20)21-7-3-1-4-8-21;2-1-3/h1-18,26H,19H2,(H3,30,31)(H,32,34)(H,33,35);1H,(H,2,3). The summed E-state index contributed by atoms with van der Waals surface area (Å²) in [5.74, 6) is -1.90. The quantitative estimate of drug-likeness (QED) is 0.104. The van der Waals surface area contributed by atoms with Crippen LogP contribution in [0.4, 0.5) is 5.69 Å². The van der Waals surface area contributed by atoms with Gasteiger partial charge in [-0.3, -0.25) is 19.8 Å². The summed E-state index contributed by atoms with van der Waals surface area (Å²) in [4.78, 5) is 34.7. The number of anilines is 1. The van der Waals surface area contributed by atoms with Crippen molar-refractivity contribution in [2.45, 2.75) is 12.5 Å². The molecule has 8 nitrogen and oxygen atoms in total. The number of carbonyl (C=O) groups is 3. The van der Waals surface area contributed by atoms with Crippen molar-refractivity contribution in [3.63, 3.8) is 0 Å². The summed E-state index contributed by atoms with van der Waals surface area (Å²) < 4.78 is 0. The van der Waals surface area contributed by atoms with Crippen LogP contribution in [-0.4, -0.2) is 29.2 Å². The number of nitrogens with one attached hydrogen (secondary N) is 3. The lowest BCUT2D eigenvalue weighted by atomic mass is 9.96. The van der Waals surface area contributed by atoms with Gasteiger partial charge in [-0.2, -0.15) is 0 Å². The molecule has 4 aromatic rings. The summed E-state index contributed by atoms with van der Waals surface area (Å²) in [6, 6.07) is 33.6. The third-order valence-electron chi connectivity index (χ3n) is 5.65. The van der Waals surface area contributed by atoms with Crippen molar-refractivity contribution in [2.24, 2.45) is 5.73 Å². The molecule has 6 N–H and O–H groups in total. The minimum Gasteiger partial charge on any atom is -0.483 e. The van der Waals surface area contributed by atoms with Crippen LogP contribution >= 0.6 is 0 Å². The van der Waals surface area contributed by atoms with Gasteiger partial charge in [0.15, 0.2) is 0 Å². The lowest BCUT2D eigenvalue weighted by molar-refractivity contribution is -0.129. The van der Waals surface area contributed by atoms with Crippen molar-refractivity contribution in [1.82, 2.24) is 5.32 Å². The van der Waals surface area contributed by atoms with Crippen LogP contribution < -0.4 is 16.4 Å². The lowest BCUT2D eigenvalue weighted by Gasteiger charge is -2.17. The molecule has 1 atom stereocenters. The molecule has 0 aromatic heterocycles. The molecule has 0 fully saturated rings. The molecule has 0 bridgehead atoms. The van der Waals surface area contributed by atoms with Gasteiger partial charge in [0.05, 0.1) is 0 Å². The molecule has 192 valence electrons. The Hall–Kier alpha value is -5.24. The number of benzene rings is 4. The van der Waals surface area contributed by atoms with Gasteiger partial charge < -0.3 is 21.5 Å². The van der Waals surface area contributed by atoms with Gasteiger partial charge in [-0.15, -0.1) is 0 Å². The molecule has 0 aliphatic rings. The zero-order valence-corrected chi connectivity index (χ0v) is 20.5. The molecule has 0 spiro atoms. The molecule has 2 amide bonds. The number of amides is 2. The molecule has 4 rings (SSSR count). The number of hydrogen-bond acceptors (Lipinski definition) is 4. The number of nitrogens with two attached hydrogens (primary N) is 1. The molecule has 8 heteroatoms. The van der Waals surface area contributed by atoms with Gasteiger partial charge in [-0.25, -0.2) is 0 Å². The zero-order chi connectivity index (χ0) is 27.3. The molecule has 4 aromatic carbocycles. The highest BCUT2D eigenvalue weighted by molar-refractivity contribution is 6.11. The average molecular weight is 509 g/mol. The third-order valence-corrected chi connectivity index (χ3v) is 5.65. The van der Waals surface area contributed by atoms with Gasteiger partial charge in [0.25, 0.3) is 6.47 Å². The van der Waals surface area contributed by atoms with E-state index in [1.165, 1.54) is 0 Å². The maximum atomic E-state index is 13.2. The van der Waals surface area contributed by atoms with Crippen LogP contribution in [0.3, 0.4) is 0 Å². The van der Waals surface area contributed by atoms with Crippen LogP contribution in [0.25, 0.3) is 11.1 Å². The Labute approximate surface area is 220 Å². The fourth-order valence-corrected chi connectivity index (χ4v) is 3.75. The van der Waals surface area contributed by atoms with E-state index in [2.05, 4.69) is 10.6 Å². The Morgan fingerprint density at radius 3 is 1.87 bits per heavy atom. The Bertz CT molecular complexity index is 1360. The number of hydrogen-bond donors (Lipinski definition) is 5. The Balaban J connectivity index is 0.00000127. The van der Waals surface area contributed by atoms with Crippen LogP contribution in [0, 0.1) is 5.41 Å². The van der Waals surface area contributed by atoms with Crippen LogP contribution in [-0.2, 0) is 20.9 Å². The van der Waals surface area contributed by atoms with Crippen LogP contribution in [0.5, 0.6) is 0 Å². The first-order valence-corrected chi connectivity index (χ1v) is 11.7. The highest BCUT2D eigenvalue weighted by Gasteiger charge is 2.28. The summed E-state index contributed by atoms with van der Waals surface area (Å²) in [6.45, 7) is 0.0534. The third kappa shape index (κ3) is 7.63. The lowest BCUT2D eigenvalue weighted by Crippen LogP contribution is -2.36. The predicted molar refractivity (Wildman–Crippen MR) is 148 cm³/mol. The number of amidine groups is 1. The molecular formula is C30H28N4O4. The monoisotopic (exact) mass is 508 g/mol. The number of nitrogen functional groups attached to an aromatic ring is 1. The van der Waals surface area contributed by atoms with E-state index in [0.717, 1.165) is 16.7 Å². The second-order valence-electron chi connectivity index (χ2n) is 8.21. The molecule has 0 aliphatic heterocycles. The van der Waals surface area contributed by atoms with Crippen molar-refractivity contribution >= 4 is 29.8 Å². The van der Waals surface area contributed by atoms with Crippen LogP contribution in [0.2, 0.25) is 0 Å². The first-order valence-electron chi connectivity index (χ1n) is 11.7. The van der Waals surface area contributed by atoms with Crippen molar-refractivity contribution in [2.75, 3.05) is 5.32 Å². The summed E-state index contributed by atoms with van der Waals surface area (Å²) in [6.07, 6.45) is 0. The van der Waals surface area contributed by atoms with Gasteiger partial charge >= 0.3 is 0 Å². The molecule has 0 saturated carbocycles. The highest BCUT2D eigenvalue weighted by atomic mass is 16.3. The number of rotatable bonds is 8. The number of carboxylic acid groups (broad SMARTS) is 1. The largest absolute Gasteiger partial charge is 0.483 e.